The molecular formula is C57H91NaO28S. The molecule has 3 saturated carbocycles. The summed E-state index contributed by atoms with van der Waals surface area (Å²) in [5.41, 5.74) is 1.20. The Morgan fingerprint density at radius 1 is 0.621 bits per heavy atom. The molecule has 0 radical (unpaired) electrons. The van der Waals surface area contributed by atoms with Gasteiger partial charge in [-0.15, -0.1) is 0 Å². The average Bonchev–Trinajstić information content (AvgIpc) is 1.72. The van der Waals surface area contributed by atoms with Crippen molar-refractivity contribution in [1.82, 2.24) is 0 Å². The zero-order valence-corrected chi connectivity index (χ0v) is 53.4. The monoisotopic (exact) mass is 1280 g/mol. The average molecular weight is 1280 g/mol. The van der Waals surface area contributed by atoms with Crippen LogP contribution in [-0.4, -0.2) is 264 Å². The SMILES string of the molecule is CC(C)=CC(=O)C[C@@H](C)[C@H]1CC[C@H]2[C@@H]3C[C@H](O[C@@H]4O[C@H](CO)[C@H](O)[C@H](O[C@@H]5O[C@H](C)[C@@H](O[C@@H]6O[C@H](CO)[C@H](O)[C@H](O)[C@H]6O[C@@H]6O[C@H](C)[C@H](O)[C@H](O)[C@H]6O)[C@H](O)[C@H]5O[C@@H]5O[C@H](C)[C@@H](O)[C@H](O)[C@H]5O)[C@H]4O)[C@H]4C[C@@H](OS(=O)(=O)[O-])CC[C@]4(C)C3=CC[C@]12C.[Na+]. The maximum atomic E-state index is 13.1. The molecule has 34 atom stereocenters. The van der Waals surface area contributed by atoms with Gasteiger partial charge in [-0.05, 0) is 126 Å². The van der Waals surface area contributed by atoms with Crippen LogP contribution in [0, 0.1) is 40.4 Å². The summed E-state index contributed by atoms with van der Waals surface area (Å²) >= 11 is 0. The molecule has 0 aromatic rings. The van der Waals surface area contributed by atoms with Crippen molar-refractivity contribution < 1.29 is 165 Å². The normalized spacial score (nSPS) is 50.6. The summed E-state index contributed by atoms with van der Waals surface area (Å²) in [6.45, 7) is 12.5. The second-order valence-corrected chi connectivity index (χ2v) is 27.4. The second-order valence-electron chi connectivity index (χ2n) is 26.3. The van der Waals surface area contributed by atoms with Crippen molar-refractivity contribution in [2.45, 2.75) is 272 Å². The molecule has 0 aromatic heterocycles. The van der Waals surface area contributed by atoms with Gasteiger partial charge in [0.05, 0.1) is 43.7 Å². The molecular weight excluding hydrogens is 1190 g/mol. The number of hydrogen-bond donors (Lipinski definition) is 13. The van der Waals surface area contributed by atoms with Gasteiger partial charge in [-0.1, -0.05) is 38.0 Å². The van der Waals surface area contributed by atoms with E-state index in [1.54, 1.807) is 6.08 Å². The second kappa shape index (κ2) is 28.6. The zero-order valence-electron chi connectivity index (χ0n) is 50.5. The van der Waals surface area contributed by atoms with Crippen molar-refractivity contribution in [3.05, 3.63) is 23.3 Å². The van der Waals surface area contributed by atoms with E-state index in [4.69, 9.17) is 51.6 Å². The molecule has 0 amide bonds. The molecule has 0 bridgehead atoms. The van der Waals surface area contributed by atoms with E-state index in [0.717, 1.165) is 24.8 Å². The van der Waals surface area contributed by atoms with Crippen LogP contribution in [0.15, 0.2) is 23.3 Å². The molecule has 5 saturated heterocycles. The predicted molar refractivity (Wildman–Crippen MR) is 288 cm³/mol. The van der Waals surface area contributed by atoms with Crippen LogP contribution in [0.3, 0.4) is 0 Å². The van der Waals surface area contributed by atoms with Gasteiger partial charge in [-0.3, -0.25) is 8.98 Å². The van der Waals surface area contributed by atoms with Crippen molar-refractivity contribution in [3.63, 3.8) is 0 Å². The first kappa shape index (κ1) is 71.9. The summed E-state index contributed by atoms with van der Waals surface area (Å²) in [5.74, 6) is -0.231. The fourth-order valence-corrected chi connectivity index (χ4v) is 16.4. The van der Waals surface area contributed by atoms with Crippen LogP contribution < -0.4 is 29.6 Å². The number of aliphatic hydroxyl groups excluding tert-OH is 13. The third-order valence-electron chi connectivity index (χ3n) is 20.4. The Morgan fingerprint density at radius 2 is 1.14 bits per heavy atom. The first-order chi connectivity index (χ1) is 40.3. The Morgan fingerprint density at radius 3 is 1.71 bits per heavy atom. The summed E-state index contributed by atoms with van der Waals surface area (Å²) in [5, 5.41) is 145. The van der Waals surface area contributed by atoms with E-state index < -0.39 is 201 Å². The standard InChI is InChI=1S/C57H92O28S.Na/c1-21(2)15-26(60)16-22(3)29-9-10-30-28-18-33(32-17-27(85-86(72,73)74)11-13-57(32,8)31(28)12-14-56(29,30)7)78-53-46(71)48(39(64)35(20-59)79-53)82-54-50(84-52-44(69)41(66)37(62)24(5)76-52)45(70)47(25(6)77-54)81-55-49(42(67)38(63)34(19-58)80-55)83-51-43(68)40(65)36(61)23(4)75-51;/h12,15,22-25,27-30,32-55,58-59,61-71H,9-11,13-14,16-20H2,1-8H3,(H,72,73,74);/q;+1/p-1/t22-,23-,24-,25-,27+,28+,29-,30+,32-,33+,34-,35-,36+,37-,38+,39+,40+,41+,42+,43-,44-,45+,46-,47-,48+,49-,50-,51+,52+,53-,54+,55+,56-,57-;/m1./s1. The van der Waals surface area contributed by atoms with Crippen LogP contribution >= 0.6 is 0 Å². The van der Waals surface area contributed by atoms with Crippen molar-refractivity contribution in [1.29, 1.82) is 0 Å². The molecule has 30 heteroatoms. The third-order valence-corrected chi connectivity index (χ3v) is 21.0. The summed E-state index contributed by atoms with van der Waals surface area (Å²) < 4.78 is 103. The molecule has 5 aliphatic heterocycles. The van der Waals surface area contributed by atoms with Crippen molar-refractivity contribution in [2.75, 3.05) is 13.2 Å². The fourth-order valence-electron chi connectivity index (χ4n) is 15.8. The molecule has 8 fully saturated rings. The van der Waals surface area contributed by atoms with Gasteiger partial charge in [0.2, 0.25) is 10.4 Å². The molecule has 4 aliphatic carbocycles. The number of ketones is 1. The number of allylic oxidation sites excluding steroid dienone is 4. The maximum Gasteiger partial charge on any atom is 1.00 e. The van der Waals surface area contributed by atoms with E-state index in [9.17, 15) is 84.1 Å². The smallest absolute Gasteiger partial charge is 0.726 e. The van der Waals surface area contributed by atoms with Crippen LogP contribution in [0.4, 0.5) is 0 Å². The largest absolute Gasteiger partial charge is 1.00 e. The van der Waals surface area contributed by atoms with Crippen LogP contribution in [0.2, 0.25) is 0 Å². The molecule has 0 spiro atoms. The summed E-state index contributed by atoms with van der Waals surface area (Å²) in [4.78, 5) is 13.1. The first-order valence-corrected chi connectivity index (χ1v) is 31.4. The Bertz CT molecular complexity index is 2500. The molecule has 13 N–H and O–H groups in total. The van der Waals surface area contributed by atoms with Crippen LogP contribution in [0.25, 0.3) is 0 Å². The van der Waals surface area contributed by atoms with E-state index in [-0.39, 0.29) is 77.3 Å². The van der Waals surface area contributed by atoms with Gasteiger partial charge in [-0.25, -0.2) is 8.42 Å². The van der Waals surface area contributed by atoms with E-state index in [1.165, 1.54) is 26.3 Å². The van der Waals surface area contributed by atoms with Gasteiger partial charge in [0.1, 0.15) is 104 Å². The van der Waals surface area contributed by atoms with Gasteiger partial charge >= 0.3 is 29.6 Å². The number of fused-ring (bicyclic) bond motifs is 5. The Balaban J connectivity index is 0.00000982. The van der Waals surface area contributed by atoms with E-state index in [2.05, 4.69) is 26.8 Å². The molecule has 494 valence electrons. The number of ether oxygens (including phenoxy) is 10. The van der Waals surface area contributed by atoms with Crippen molar-refractivity contribution in [2.24, 2.45) is 40.4 Å². The minimum absolute atomic E-state index is 0. The number of rotatable bonds is 18. The molecule has 0 unspecified atom stereocenters. The third kappa shape index (κ3) is 14.5. The number of carbonyl (C=O) groups is 1. The van der Waals surface area contributed by atoms with Crippen molar-refractivity contribution >= 4 is 16.2 Å². The molecule has 9 aliphatic rings. The van der Waals surface area contributed by atoms with E-state index >= 15 is 0 Å². The summed E-state index contributed by atoms with van der Waals surface area (Å²) in [7, 11) is -5.14. The fraction of sp³-hybridized carbons (Fsp3) is 0.912. The molecule has 5 heterocycles. The number of aliphatic hydroxyl groups is 13. The summed E-state index contributed by atoms with van der Waals surface area (Å²) in [6.07, 6.45) is -38.1. The maximum absolute atomic E-state index is 13.1. The molecule has 28 nitrogen and oxygen atoms in total. The topological polar surface area (TPSA) is 439 Å². The summed E-state index contributed by atoms with van der Waals surface area (Å²) in [6, 6.07) is 0. The quantitative estimate of drug-likeness (QED) is 0.0200. The molecule has 87 heavy (non-hydrogen) atoms. The Kier molecular flexibility index (Phi) is 23.6. The predicted octanol–water partition coefficient (Wildman–Crippen LogP) is -5.85. The van der Waals surface area contributed by atoms with Crippen molar-refractivity contribution in [3.8, 4) is 0 Å². The Hall–Kier alpha value is -0.900. The minimum atomic E-state index is -5.14. The van der Waals surface area contributed by atoms with Gasteiger partial charge in [-0.2, -0.15) is 0 Å². The minimum Gasteiger partial charge on any atom is -0.726 e. The molecule has 9 rings (SSSR count). The van der Waals surface area contributed by atoms with Gasteiger partial charge < -0.3 is 118 Å². The van der Waals surface area contributed by atoms with E-state index in [1.807, 2.05) is 13.8 Å². The Labute approximate surface area is 528 Å². The first-order valence-electron chi connectivity index (χ1n) is 30.1. The number of carbonyl (C=O) groups excluding carboxylic acids is 1. The van der Waals surface area contributed by atoms with E-state index in [0.29, 0.717) is 19.3 Å². The van der Waals surface area contributed by atoms with Gasteiger partial charge in [0.25, 0.3) is 0 Å². The van der Waals surface area contributed by atoms with Crippen LogP contribution in [0.1, 0.15) is 107 Å². The zero-order chi connectivity index (χ0) is 63.0. The van der Waals surface area contributed by atoms with Gasteiger partial charge in [0.15, 0.2) is 37.2 Å². The van der Waals surface area contributed by atoms with Crippen LogP contribution in [-0.2, 0) is 66.7 Å². The molecule has 0 aromatic carbocycles. The van der Waals surface area contributed by atoms with Gasteiger partial charge in [0, 0.05) is 6.42 Å². The van der Waals surface area contributed by atoms with Crippen LogP contribution in [0.5, 0.6) is 0 Å². The number of hydrogen-bond acceptors (Lipinski definition) is 28.